The lowest BCUT2D eigenvalue weighted by molar-refractivity contribution is 0.102. The van der Waals surface area contributed by atoms with E-state index in [1.165, 1.54) is 0 Å². The van der Waals surface area contributed by atoms with Gasteiger partial charge in [0.2, 0.25) is 0 Å². The Morgan fingerprint density at radius 1 is 1.07 bits per heavy atom. The molecule has 4 aromatic rings. The Hall–Kier alpha value is -3.31. The average Bonchev–Trinajstić information content (AvgIpc) is 3.05. The number of carbonyl (C=O) groups excluding carboxylic acids is 1. The Morgan fingerprint density at radius 2 is 1.76 bits per heavy atom. The van der Waals surface area contributed by atoms with Crippen LogP contribution in [0.3, 0.4) is 0 Å². The zero-order valence-electron chi connectivity index (χ0n) is 16.0. The third kappa shape index (κ3) is 3.96. The van der Waals surface area contributed by atoms with Crippen LogP contribution in [-0.4, -0.2) is 11.1 Å². The van der Waals surface area contributed by atoms with Crippen LogP contribution in [-0.2, 0) is 6.61 Å². The first kappa shape index (κ1) is 19.0. The predicted octanol–water partition coefficient (Wildman–Crippen LogP) is 5.93. The fraction of sp³-hybridized carbons (Fsp3) is 0.130. The maximum Gasteiger partial charge on any atom is 0.259 e. The standard InChI is InChI=1S/C23H19ClN2O3/c1-14-19(15(2)29-26-14)13-28-22-12-17-8-4-3-7-16(17)11-18(22)23(27)25-21-10-6-5-9-20(21)24/h3-12H,13H2,1-2H3,(H,25,27). The van der Waals surface area contributed by atoms with Crippen molar-refractivity contribution in [2.24, 2.45) is 0 Å². The molecule has 0 fully saturated rings. The van der Waals surface area contributed by atoms with E-state index in [0.29, 0.717) is 27.8 Å². The molecule has 3 aromatic carbocycles. The van der Waals surface area contributed by atoms with E-state index >= 15 is 0 Å². The Bertz CT molecular complexity index is 1180. The molecule has 0 radical (unpaired) electrons. The minimum absolute atomic E-state index is 0.256. The van der Waals surface area contributed by atoms with Crippen molar-refractivity contribution in [3.8, 4) is 5.75 Å². The predicted molar refractivity (Wildman–Crippen MR) is 114 cm³/mol. The highest BCUT2D eigenvalue weighted by Crippen LogP contribution is 2.29. The summed E-state index contributed by atoms with van der Waals surface area (Å²) < 4.78 is 11.2. The molecule has 0 unspecified atom stereocenters. The Kier molecular flexibility index (Phi) is 5.23. The lowest BCUT2D eigenvalue weighted by Gasteiger charge is -2.14. The van der Waals surface area contributed by atoms with Gasteiger partial charge in [-0.05, 0) is 48.9 Å². The number of halogens is 1. The van der Waals surface area contributed by atoms with Crippen molar-refractivity contribution in [2.75, 3.05) is 5.32 Å². The molecule has 1 aromatic heterocycles. The van der Waals surface area contributed by atoms with Crippen LogP contribution in [0.4, 0.5) is 5.69 Å². The van der Waals surface area contributed by atoms with Gasteiger partial charge >= 0.3 is 0 Å². The van der Waals surface area contributed by atoms with Gasteiger partial charge in [-0.1, -0.05) is 53.2 Å². The molecule has 0 aliphatic heterocycles. The highest BCUT2D eigenvalue weighted by atomic mass is 35.5. The number of hydrogen-bond donors (Lipinski definition) is 1. The van der Waals surface area contributed by atoms with Crippen molar-refractivity contribution in [1.29, 1.82) is 0 Å². The molecule has 0 aliphatic carbocycles. The van der Waals surface area contributed by atoms with Gasteiger partial charge in [-0.3, -0.25) is 4.79 Å². The van der Waals surface area contributed by atoms with Gasteiger partial charge in [0.15, 0.2) is 0 Å². The van der Waals surface area contributed by atoms with Crippen LogP contribution < -0.4 is 10.1 Å². The van der Waals surface area contributed by atoms with Crippen LogP contribution in [0.15, 0.2) is 65.2 Å². The molecule has 0 saturated carbocycles. The number of aryl methyl sites for hydroxylation is 2. The smallest absolute Gasteiger partial charge is 0.259 e. The monoisotopic (exact) mass is 406 g/mol. The Morgan fingerprint density at radius 3 is 2.45 bits per heavy atom. The maximum atomic E-state index is 13.0. The average molecular weight is 407 g/mol. The van der Waals surface area contributed by atoms with Crippen LogP contribution in [0.2, 0.25) is 5.02 Å². The van der Waals surface area contributed by atoms with Crippen molar-refractivity contribution in [2.45, 2.75) is 20.5 Å². The van der Waals surface area contributed by atoms with E-state index in [-0.39, 0.29) is 12.5 Å². The molecule has 0 aliphatic rings. The lowest BCUT2D eigenvalue weighted by atomic mass is 10.0. The van der Waals surface area contributed by atoms with Gasteiger partial charge < -0.3 is 14.6 Å². The first-order chi connectivity index (χ1) is 14.0. The summed E-state index contributed by atoms with van der Waals surface area (Å²) in [6.45, 7) is 3.95. The second kappa shape index (κ2) is 7.97. The summed E-state index contributed by atoms with van der Waals surface area (Å²) in [6, 6.07) is 18.6. The Balaban J connectivity index is 1.70. The van der Waals surface area contributed by atoms with Gasteiger partial charge in [-0.25, -0.2) is 0 Å². The van der Waals surface area contributed by atoms with Crippen LogP contribution >= 0.6 is 11.6 Å². The number of hydrogen-bond acceptors (Lipinski definition) is 4. The third-order valence-electron chi connectivity index (χ3n) is 4.77. The zero-order chi connectivity index (χ0) is 20.4. The first-order valence-corrected chi connectivity index (χ1v) is 9.54. The minimum atomic E-state index is -0.294. The third-order valence-corrected chi connectivity index (χ3v) is 5.10. The van der Waals surface area contributed by atoms with E-state index in [1.54, 1.807) is 12.1 Å². The van der Waals surface area contributed by atoms with Gasteiger partial charge in [0.25, 0.3) is 5.91 Å². The normalized spacial score (nSPS) is 10.9. The zero-order valence-corrected chi connectivity index (χ0v) is 16.8. The summed E-state index contributed by atoms with van der Waals surface area (Å²) in [5.41, 5.74) is 2.61. The van der Waals surface area contributed by atoms with Gasteiger partial charge in [0.05, 0.1) is 27.5 Å². The quantitative estimate of drug-likeness (QED) is 0.446. The number of carbonyl (C=O) groups is 1. The summed E-state index contributed by atoms with van der Waals surface area (Å²) in [4.78, 5) is 13.0. The number of para-hydroxylation sites is 1. The van der Waals surface area contributed by atoms with Gasteiger partial charge in [-0.2, -0.15) is 0 Å². The molecule has 5 nitrogen and oxygen atoms in total. The first-order valence-electron chi connectivity index (χ1n) is 9.16. The number of amides is 1. The SMILES string of the molecule is Cc1noc(C)c1COc1cc2ccccc2cc1C(=O)Nc1ccccc1Cl. The van der Waals surface area contributed by atoms with Crippen LogP contribution in [0, 0.1) is 13.8 Å². The number of benzene rings is 3. The van der Waals surface area contributed by atoms with Crippen molar-refractivity contribution in [3.63, 3.8) is 0 Å². The fourth-order valence-corrected chi connectivity index (χ4v) is 3.31. The molecule has 1 N–H and O–H groups in total. The summed E-state index contributed by atoms with van der Waals surface area (Å²) in [7, 11) is 0. The number of nitrogens with zero attached hydrogens (tertiary/aromatic N) is 1. The lowest BCUT2D eigenvalue weighted by Crippen LogP contribution is -2.14. The molecule has 1 amide bonds. The van der Waals surface area contributed by atoms with Crippen LogP contribution in [0.25, 0.3) is 10.8 Å². The van der Waals surface area contributed by atoms with E-state index < -0.39 is 0 Å². The summed E-state index contributed by atoms with van der Waals surface area (Å²) in [5.74, 6) is 0.885. The molecule has 0 bridgehead atoms. The molecule has 6 heteroatoms. The van der Waals surface area contributed by atoms with E-state index in [1.807, 2.05) is 62.4 Å². The van der Waals surface area contributed by atoms with E-state index in [4.69, 9.17) is 20.9 Å². The second-order valence-electron chi connectivity index (χ2n) is 6.72. The van der Waals surface area contributed by atoms with Crippen LogP contribution in [0.1, 0.15) is 27.4 Å². The molecular formula is C23H19ClN2O3. The summed E-state index contributed by atoms with van der Waals surface area (Å²) in [6.07, 6.45) is 0. The molecule has 1 heterocycles. The number of nitrogens with one attached hydrogen (secondary N) is 1. The fourth-order valence-electron chi connectivity index (χ4n) is 3.13. The molecule has 0 spiro atoms. The number of aromatic nitrogens is 1. The highest BCUT2D eigenvalue weighted by Gasteiger charge is 2.17. The summed E-state index contributed by atoms with van der Waals surface area (Å²) in [5, 5.41) is 9.22. The molecule has 0 atom stereocenters. The van der Waals surface area contributed by atoms with E-state index in [2.05, 4.69) is 10.5 Å². The maximum absolute atomic E-state index is 13.0. The summed E-state index contributed by atoms with van der Waals surface area (Å²) >= 11 is 6.19. The molecule has 4 rings (SSSR count). The van der Waals surface area contributed by atoms with Gasteiger partial charge in [0, 0.05) is 0 Å². The van der Waals surface area contributed by atoms with Gasteiger partial charge in [-0.15, -0.1) is 0 Å². The number of rotatable bonds is 5. The number of ether oxygens (including phenoxy) is 1. The molecule has 0 saturated heterocycles. The largest absolute Gasteiger partial charge is 0.488 e. The Labute approximate surface area is 173 Å². The van der Waals surface area contributed by atoms with E-state index in [0.717, 1.165) is 22.0 Å². The molecule has 29 heavy (non-hydrogen) atoms. The topological polar surface area (TPSA) is 64.4 Å². The van der Waals surface area contributed by atoms with Gasteiger partial charge in [0.1, 0.15) is 18.1 Å². The van der Waals surface area contributed by atoms with Crippen molar-refractivity contribution < 1.29 is 14.1 Å². The second-order valence-corrected chi connectivity index (χ2v) is 7.13. The number of fused-ring (bicyclic) bond motifs is 1. The van der Waals surface area contributed by atoms with Crippen molar-refractivity contribution in [3.05, 3.63) is 88.3 Å². The van der Waals surface area contributed by atoms with Crippen molar-refractivity contribution in [1.82, 2.24) is 5.16 Å². The minimum Gasteiger partial charge on any atom is -0.488 e. The highest BCUT2D eigenvalue weighted by molar-refractivity contribution is 6.34. The molecule has 146 valence electrons. The van der Waals surface area contributed by atoms with Crippen molar-refractivity contribution >= 4 is 34.0 Å². The van der Waals surface area contributed by atoms with E-state index in [9.17, 15) is 4.79 Å². The molecular weight excluding hydrogens is 388 g/mol. The number of anilines is 1. The van der Waals surface area contributed by atoms with Crippen LogP contribution in [0.5, 0.6) is 5.75 Å².